The zero-order valence-electron chi connectivity index (χ0n) is 8.39. The average Bonchev–Trinajstić information content (AvgIpc) is 2.86. The van der Waals surface area contributed by atoms with Crippen molar-refractivity contribution in [3.63, 3.8) is 0 Å². The van der Waals surface area contributed by atoms with Crippen molar-refractivity contribution in [2.24, 2.45) is 11.8 Å². The standard InChI is InChI=1S/C12H13NO2/c14-12(15)8-1-3-11(4-2-8)13-6-9-5-10(9)7-13/h1-4,9-10H,5-7H2,(H,14,15). The molecule has 2 aliphatic rings. The third kappa shape index (κ3) is 1.48. The maximum Gasteiger partial charge on any atom is 0.335 e. The van der Waals surface area contributed by atoms with Crippen molar-refractivity contribution < 1.29 is 9.90 Å². The van der Waals surface area contributed by atoms with Crippen molar-refractivity contribution in [3.8, 4) is 0 Å². The van der Waals surface area contributed by atoms with Crippen LogP contribution in [0.4, 0.5) is 5.69 Å². The molecule has 0 radical (unpaired) electrons. The number of carboxylic acid groups (broad SMARTS) is 1. The predicted molar refractivity (Wildman–Crippen MR) is 57.2 cm³/mol. The lowest BCUT2D eigenvalue weighted by Crippen LogP contribution is -2.21. The van der Waals surface area contributed by atoms with Crippen LogP contribution in [0.5, 0.6) is 0 Å². The van der Waals surface area contributed by atoms with Crippen molar-refractivity contribution in [2.45, 2.75) is 6.42 Å². The molecule has 1 saturated heterocycles. The van der Waals surface area contributed by atoms with Crippen LogP contribution in [-0.4, -0.2) is 24.2 Å². The molecular formula is C12H13NO2. The maximum atomic E-state index is 10.7. The van der Waals surface area contributed by atoms with Gasteiger partial charge in [0.15, 0.2) is 0 Å². The molecule has 1 heterocycles. The Labute approximate surface area is 88.3 Å². The molecule has 1 aliphatic heterocycles. The minimum Gasteiger partial charge on any atom is -0.478 e. The molecule has 3 rings (SSSR count). The van der Waals surface area contributed by atoms with Crippen molar-refractivity contribution in [3.05, 3.63) is 29.8 Å². The molecule has 2 fully saturated rings. The lowest BCUT2D eigenvalue weighted by molar-refractivity contribution is 0.0697. The first-order chi connectivity index (χ1) is 7.24. The molecule has 1 aliphatic carbocycles. The van der Waals surface area contributed by atoms with E-state index in [1.54, 1.807) is 12.1 Å². The summed E-state index contributed by atoms with van der Waals surface area (Å²) in [4.78, 5) is 13.0. The van der Waals surface area contributed by atoms with Gasteiger partial charge in [-0.05, 0) is 42.5 Å². The second-order valence-corrected chi connectivity index (χ2v) is 4.51. The third-order valence-electron chi connectivity index (χ3n) is 3.46. The molecule has 1 aromatic rings. The van der Waals surface area contributed by atoms with Gasteiger partial charge in [0.2, 0.25) is 0 Å². The topological polar surface area (TPSA) is 40.5 Å². The van der Waals surface area contributed by atoms with Crippen LogP contribution < -0.4 is 4.90 Å². The van der Waals surface area contributed by atoms with Gasteiger partial charge in [0, 0.05) is 18.8 Å². The molecule has 0 aromatic heterocycles. The van der Waals surface area contributed by atoms with E-state index >= 15 is 0 Å². The Morgan fingerprint density at radius 2 is 1.80 bits per heavy atom. The summed E-state index contributed by atoms with van der Waals surface area (Å²) in [6.07, 6.45) is 1.39. The van der Waals surface area contributed by atoms with Crippen molar-refractivity contribution >= 4 is 11.7 Å². The summed E-state index contributed by atoms with van der Waals surface area (Å²) >= 11 is 0. The molecular weight excluding hydrogens is 190 g/mol. The normalized spacial score (nSPS) is 27.6. The summed E-state index contributed by atoms with van der Waals surface area (Å²) in [7, 11) is 0. The second-order valence-electron chi connectivity index (χ2n) is 4.51. The quantitative estimate of drug-likeness (QED) is 0.797. The number of rotatable bonds is 2. The monoisotopic (exact) mass is 203 g/mol. The van der Waals surface area contributed by atoms with Crippen LogP contribution in [0.1, 0.15) is 16.8 Å². The number of benzene rings is 1. The molecule has 3 nitrogen and oxygen atoms in total. The van der Waals surface area contributed by atoms with Gasteiger partial charge in [-0.15, -0.1) is 0 Å². The first kappa shape index (κ1) is 8.77. The van der Waals surface area contributed by atoms with Gasteiger partial charge in [-0.1, -0.05) is 0 Å². The third-order valence-corrected chi connectivity index (χ3v) is 3.46. The molecule has 1 saturated carbocycles. The van der Waals surface area contributed by atoms with E-state index in [-0.39, 0.29) is 0 Å². The first-order valence-electron chi connectivity index (χ1n) is 5.32. The van der Waals surface area contributed by atoms with Gasteiger partial charge in [-0.2, -0.15) is 0 Å². The van der Waals surface area contributed by atoms with Crippen molar-refractivity contribution in [1.82, 2.24) is 0 Å². The van der Waals surface area contributed by atoms with E-state index in [1.165, 1.54) is 6.42 Å². The Morgan fingerprint density at radius 3 is 2.33 bits per heavy atom. The predicted octanol–water partition coefficient (Wildman–Crippen LogP) is 1.84. The van der Waals surface area contributed by atoms with Crippen LogP contribution >= 0.6 is 0 Å². The van der Waals surface area contributed by atoms with Gasteiger partial charge >= 0.3 is 5.97 Å². The Kier molecular flexibility index (Phi) is 1.75. The Balaban J connectivity index is 1.78. The lowest BCUT2D eigenvalue weighted by atomic mass is 10.2. The minimum absolute atomic E-state index is 0.364. The summed E-state index contributed by atoms with van der Waals surface area (Å²) in [5, 5.41) is 8.78. The Bertz CT molecular complexity index is 389. The zero-order chi connectivity index (χ0) is 10.4. The molecule has 0 bridgehead atoms. The number of carboxylic acids is 1. The van der Waals surface area contributed by atoms with Gasteiger partial charge in [-0.3, -0.25) is 0 Å². The van der Waals surface area contributed by atoms with E-state index in [4.69, 9.17) is 5.11 Å². The fourth-order valence-electron chi connectivity index (χ4n) is 2.42. The second kappa shape index (κ2) is 2.99. The number of hydrogen-bond donors (Lipinski definition) is 1. The first-order valence-corrected chi connectivity index (χ1v) is 5.32. The SMILES string of the molecule is O=C(O)c1ccc(N2CC3CC3C2)cc1. The number of aromatic carboxylic acids is 1. The maximum absolute atomic E-state index is 10.7. The van der Waals surface area contributed by atoms with E-state index in [0.717, 1.165) is 30.6 Å². The number of carbonyl (C=O) groups is 1. The summed E-state index contributed by atoms with van der Waals surface area (Å²) in [6.45, 7) is 2.30. The molecule has 1 aromatic carbocycles. The molecule has 1 N–H and O–H groups in total. The van der Waals surface area contributed by atoms with Crippen LogP contribution in [0.15, 0.2) is 24.3 Å². The van der Waals surface area contributed by atoms with Crippen LogP contribution in [0.25, 0.3) is 0 Å². The van der Waals surface area contributed by atoms with Crippen LogP contribution in [0.2, 0.25) is 0 Å². The molecule has 78 valence electrons. The van der Waals surface area contributed by atoms with Gasteiger partial charge in [0.1, 0.15) is 0 Å². The van der Waals surface area contributed by atoms with Gasteiger partial charge < -0.3 is 10.0 Å². The van der Waals surface area contributed by atoms with Gasteiger partial charge in [-0.25, -0.2) is 4.79 Å². The highest BCUT2D eigenvalue weighted by Gasteiger charge is 2.44. The van der Waals surface area contributed by atoms with Crippen LogP contribution in [0, 0.1) is 11.8 Å². The lowest BCUT2D eigenvalue weighted by Gasteiger charge is -2.20. The van der Waals surface area contributed by atoms with E-state index in [9.17, 15) is 4.79 Å². The summed E-state index contributed by atoms with van der Waals surface area (Å²) in [5.41, 5.74) is 1.52. The Morgan fingerprint density at radius 1 is 1.20 bits per heavy atom. The largest absolute Gasteiger partial charge is 0.478 e. The fraction of sp³-hybridized carbons (Fsp3) is 0.417. The van der Waals surface area contributed by atoms with Gasteiger partial charge in [0.05, 0.1) is 5.56 Å². The minimum atomic E-state index is -0.856. The smallest absolute Gasteiger partial charge is 0.335 e. The number of piperidine rings is 1. The van der Waals surface area contributed by atoms with E-state index in [2.05, 4.69) is 4.90 Å². The molecule has 2 atom stereocenters. The number of nitrogens with zero attached hydrogens (tertiary/aromatic N) is 1. The molecule has 0 spiro atoms. The van der Waals surface area contributed by atoms with Gasteiger partial charge in [0.25, 0.3) is 0 Å². The molecule has 3 heteroatoms. The fourth-order valence-corrected chi connectivity index (χ4v) is 2.42. The zero-order valence-corrected chi connectivity index (χ0v) is 8.39. The molecule has 15 heavy (non-hydrogen) atoms. The van der Waals surface area contributed by atoms with E-state index < -0.39 is 5.97 Å². The summed E-state index contributed by atoms with van der Waals surface area (Å²) in [6, 6.07) is 7.19. The average molecular weight is 203 g/mol. The van der Waals surface area contributed by atoms with Crippen LogP contribution in [-0.2, 0) is 0 Å². The van der Waals surface area contributed by atoms with Crippen LogP contribution in [0.3, 0.4) is 0 Å². The molecule has 0 amide bonds. The summed E-state index contributed by atoms with van der Waals surface area (Å²) < 4.78 is 0. The van der Waals surface area contributed by atoms with E-state index in [1.807, 2.05) is 12.1 Å². The van der Waals surface area contributed by atoms with Crippen molar-refractivity contribution in [1.29, 1.82) is 0 Å². The highest BCUT2D eigenvalue weighted by molar-refractivity contribution is 5.88. The number of hydrogen-bond acceptors (Lipinski definition) is 2. The van der Waals surface area contributed by atoms with E-state index in [0.29, 0.717) is 5.56 Å². The highest BCUT2D eigenvalue weighted by atomic mass is 16.4. The number of fused-ring (bicyclic) bond motifs is 1. The van der Waals surface area contributed by atoms with Crippen molar-refractivity contribution in [2.75, 3.05) is 18.0 Å². The Hall–Kier alpha value is -1.51. The summed E-state index contributed by atoms with van der Waals surface area (Å²) in [5.74, 6) is 0.958. The highest BCUT2D eigenvalue weighted by Crippen LogP contribution is 2.46. The number of anilines is 1. The molecule has 2 unspecified atom stereocenters.